The number of hydrogen-bond donors (Lipinski definition) is 3. The van der Waals surface area contributed by atoms with Gasteiger partial charge in [0.15, 0.2) is 0 Å². The van der Waals surface area contributed by atoms with E-state index in [1.807, 2.05) is 31.2 Å². The molecule has 0 amide bonds. The Balaban J connectivity index is 2.30. The summed E-state index contributed by atoms with van der Waals surface area (Å²) in [4.78, 5) is 4.18. The predicted molar refractivity (Wildman–Crippen MR) is 81.3 cm³/mol. The first-order valence-electron chi connectivity index (χ1n) is 6.03. The van der Waals surface area contributed by atoms with Crippen LogP contribution in [0.4, 0.5) is 5.82 Å². The third kappa shape index (κ3) is 3.32. The quantitative estimate of drug-likeness (QED) is 0.597. The fraction of sp³-hybridized carbons (Fsp3) is 0.214. The largest absolute Gasteiger partial charge is 0.383 e. The molecule has 0 saturated carbocycles. The van der Waals surface area contributed by atoms with Crippen LogP contribution in [-0.2, 0) is 6.42 Å². The molecule has 100 valence electrons. The molecule has 5 N–H and O–H groups in total. The molecule has 0 spiro atoms. The number of anilines is 1. The first-order valence-corrected chi connectivity index (χ1v) is 6.82. The van der Waals surface area contributed by atoms with Crippen LogP contribution < -0.4 is 17.0 Å². The van der Waals surface area contributed by atoms with Gasteiger partial charge in [-0.2, -0.15) is 0 Å². The molecular weight excluding hydrogens is 304 g/mol. The summed E-state index contributed by atoms with van der Waals surface area (Å²) in [6, 6.07) is 10.0. The molecule has 2 aromatic rings. The Kier molecular flexibility index (Phi) is 4.52. The van der Waals surface area contributed by atoms with Crippen molar-refractivity contribution in [1.29, 1.82) is 0 Å². The van der Waals surface area contributed by atoms with E-state index in [2.05, 4.69) is 32.4 Å². The molecule has 0 saturated heterocycles. The Hall–Kier alpha value is -1.43. The fourth-order valence-electron chi connectivity index (χ4n) is 2.02. The molecule has 1 atom stereocenters. The Morgan fingerprint density at radius 1 is 1.37 bits per heavy atom. The monoisotopic (exact) mass is 320 g/mol. The van der Waals surface area contributed by atoms with Crippen LogP contribution in [0.1, 0.15) is 22.7 Å². The zero-order valence-electron chi connectivity index (χ0n) is 10.7. The molecule has 1 unspecified atom stereocenters. The first-order chi connectivity index (χ1) is 9.11. The number of benzene rings is 1. The minimum Gasteiger partial charge on any atom is -0.383 e. The number of nitrogen functional groups attached to an aromatic ring is 1. The van der Waals surface area contributed by atoms with Gasteiger partial charge >= 0.3 is 0 Å². The molecule has 5 heteroatoms. The van der Waals surface area contributed by atoms with Crippen molar-refractivity contribution in [3.63, 3.8) is 0 Å². The van der Waals surface area contributed by atoms with Crippen LogP contribution in [0.3, 0.4) is 0 Å². The molecule has 1 heterocycles. The Morgan fingerprint density at radius 3 is 2.79 bits per heavy atom. The smallest absolute Gasteiger partial charge is 0.128 e. The second-order valence-corrected chi connectivity index (χ2v) is 5.36. The highest BCUT2D eigenvalue weighted by Crippen LogP contribution is 2.26. The summed E-state index contributed by atoms with van der Waals surface area (Å²) in [5.74, 6) is 6.19. The number of hydrogen-bond acceptors (Lipinski definition) is 4. The van der Waals surface area contributed by atoms with E-state index < -0.39 is 0 Å². The highest BCUT2D eigenvalue weighted by Gasteiger charge is 2.15. The highest BCUT2D eigenvalue weighted by atomic mass is 79.9. The van der Waals surface area contributed by atoms with E-state index in [1.54, 1.807) is 6.20 Å². The fourth-order valence-corrected chi connectivity index (χ4v) is 2.47. The van der Waals surface area contributed by atoms with Gasteiger partial charge in [0, 0.05) is 16.2 Å². The van der Waals surface area contributed by atoms with Crippen LogP contribution in [0.2, 0.25) is 0 Å². The minimum atomic E-state index is -0.0638. The van der Waals surface area contributed by atoms with E-state index in [0.717, 1.165) is 22.0 Å². The van der Waals surface area contributed by atoms with Gasteiger partial charge in [-0.3, -0.25) is 11.3 Å². The van der Waals surface area contributed by atoms with Crippen molar-refractivity contribution in [2.75, 3.05) is 5.73 Å². The summed E-state index contributed by atoms with van der Waals surface area (Å²) in [6.45, 7) is 1.99. The van der Waals surface area contributed by atoms with Gasteiger partial charge in [-0.1, -0.05) is 34.1 Å². The highest BCUT2D eigenvalue weighted by molar-refractivity contribution is 9.10. The molecule has 1 aromatic heterocycles. The number of aromatic nitrogens is 1. The topological polar surface area (TPSA) is 77.0 Å². The summed E-state index contributed by atoms with van der Waals surface area (Å²) in [6.07, 6.45) is 2.50. The maximum atomic E-state index is 5.94. The number of hydrazine groups is 1. The summed E-state index contributed by atoms with van der Waals surface area (Å²) in [5.41, 5.74) is 11.9. The third-order valence-electron chi connectivity index (χ3n) is 3.04. The average Bonchev–Trinajstić information content (AvgIpc) is 2.41. The van der Waals surface area contributed by atoms with Crippen LogP contribution >= 0.6 is 15.9 Å². The van der Waals surface area contributed by atoms with Crippen LogP contribution in [0.5, 0.6) is 0 Å². The van der Waals surface area contributed by atoms with Crippen molar-refractivity contribution in [3.8, 4) is 0 Å². The molecular formula is C14H17BrN4. The van der Waals surface area contributed by atoms with Gasteiger partial charge in [0.1, 0.15) is 5.82 Å². The molecule has 0 bridgehead atoms. The zero-order chi connectivity index (χ0) is 13.8. The van der Waals surface area contributed by atoms with E-state index in [0.29, 0.717) is 5.82 Å². The molecule has 0 fully saturated rings. The second kappa shape index (κ2) is 6.14. The van der Waals surface area contributed by atoms with Crippen molar-refractivity contribution in [1.82, 2.24) is 10.4 Å². The van der Waals surface area contributed by atoms with Gasteiger partial charge in [0.05, 0.1) is 6.04 Å². The Labute approximate surface area is 121 Å². The zero-order valence-corrected chi connectivity index (χ0v) is 12.3. The van der Waals surface area contributed by atoms with E-state index in [-0.39, 0.29) is 6.04 Å². The third-order valence-corrected chi connectivity index (χ3v) is 3.82. The van der Waals surface area contributed by atoms with Crippen molar-refractivity contribution >= 4 is 21.7 Å². The number of pyridine rings is 1. The normalized spacial score (nSPS) is 12.4. The Morgan fingerprint density at radius 2 is 2.11 bits per heavy atom. The SMILES string of the molecule is Cc1cnc(N)c(C(Cc2ccccc2Br)NN)c1. The average molecular weight is 321 g/mol. The molecule has 0 aliphatic heterocycles. The lowest BCUT2D eigenvalue weighted by Gasteiger charge is -2.19. The van der Waals surface area contributed by atoms with Gasteiger partial charge in [0.2, 0.25) is 0 Å². The number of nitrogens with one attached hydrogen (secondary N) is 1. The van der Waals surface area contributed by atoms with E-state index in [4.69, 9.17) is 11.6 Å². The summed E-state index contributed by atoms with van der Waals surface area (Å²) < 4.78 is 1.06. The van der Waals surface area contributed by atoms with Gasteiger partial charge in [-0.25, -0.2) is 4.98 Å². The first kappa shape index (κ1) is 14.0. The molecule has 0 radical (unpaired) electrons. The second-order valence-electron chi connectivity index (χ2n) is 4.50. The lowest BCUT2D eigenvalue weighted by atomic mass is 9.99. The van der Waals surface area contributed by atoms with Crippen LogP contribution in [0.15, 0.2) is 41.0 Å². The van der Waals surface area contributed by atoms with Crippen molar-refractivity contribution in [3.05, 3.63) is 57.7 Å². The molecule has 19 heavy (non-hydrogen) atoms. The van der Waals surface area contributed by atoms with Crippen LogP contribution in [0, 0.1) is 6.92 Å². The lowest BCUT2D eigenvalue weighted by molar-refractivity contribution is 0.551. The number of rotatable bonds is 4. The molecule has 0 aliphatic rings. The minimum absolute atomic E-state index is 0.0638. The van der Waals surface area contributed by atoms with E-state index in [1.165, 1.54) is 5.56 Å². The number of nitrogens with two attached hydrogens (primary N) is 2. The summed E-state index contributed by atoms with van der Waals surface area (Å²) in [7, 11) is 0. The van der Waals surface area contributed by atoms with Crippen molar-refractivity contribution in [2.24, 2.45) is 5.84 Å². The number of nitrogens with zero attached hydrogens (tertiary/aromatic N) is 1. The van der Waals surface area contributed by atoms with E-state index >= 15 is 0 Å². The van der Waals surface area contributed by atoms with Gasteiger partial charge in [0.25, 0.3) is 0 Å². The molecule has 2 rings (SSSR count). The molecule has 1 aromatic carbocycles. The van der Waals surface area contributed by atoms with Crippen molar-refractivity contribution < 1.29 is 0 Å². The standard InChI is InChI=1S/C14H17BrN4/c1-9-6-11(14(16)18-8-9)13(19-17)7-10-4-2-3-5-12(10)15/h2-6,8,13,19H,7,17H2,1H3,(H2,16,18). The maximum absolute atomic E-state index is 5.94. The molecule has 4 nitrogen and oxygen atoms in total. The van der Waals surface area contributed by atoms with Gasteiger partial charge in [-0.15, -0.1) is 0 Å². The van der Waals surface area contributed by atoms with Gasteiger partial charge < -0.3 is 5.73 Å². The number of halogens is 1. The molecule has 0 aliphatic carbocycles. The van der Waals surface area contributed by atoms with E-state index in [9.17, 15) is 0 Å². The predicted octanol–water partition coefficient (Wildman–Crippen LogP) is 2.48. The van der Waals surface area contributed by atoms with Gasteiger partial charge in [-0.05, 0) is 36.6 Å². The van der Waals surface area contributed by atoms with Crippen LogP contribution in [-0.4, -0.2) is 4.98 Å². The Bertz CT molecular complexity index is 571. The van der Waals surface area contributed by atoms with Crippen LogP contribution in [0.25, 0.3) is 0 Å². The number of aryl methyl sites for hydroxylation is 1. The van der Waals surface area contributed by atoms with Crippen molar-refractivity contribution in [2.45, 2.75) is 19.4 Å². The maximum Gasteiger partial charge on any atom is 0.128 e. The summed E-state index contributed by atoms with van der Waals surface area (Å²) in [5, 5.41) is 0. The summed E-state index contributed by atoms with van der Waals surface area (Å²) >= 11 is 3.54. The lowest BCUT2D eigenvalue weighted by Crippen LogP contribution is -2.30.